The van der Waals surface area contributed by atoms with Gasteiger partial charge in [0, 0.05) is 12.6 Å². The molecule has 0 aromatic heterocycles. The first-order chi connectivity index (χ1) is 9.10. The summed E-state index contributed by atoms with van der Waals surface area (Å²) in [5.41, 5.74) is 2.22. The van der Waals surface area contributed by atoms with Crippen molar-refractivity contribution in [3.63, 3.8) is 0 Å². The predicted octanol–water partition coefficient (Wildman–Crippen LogP) is 3.15. The summed E-state index contributed by atoms with van der Waals surface area (Å²) in [6.07, 6.45) is 1.29. The molecule has 2 atom stereocenters. The Kier molecular flexibility index (Phi) is 4.48. The molecule has 2 unspecified atom stereocenters. The summed E-state index contributed by atoms with van der Waals surface area (Å²) in [6.45, 7) is 9.47. The fourth-order valence-electron chi connectivity index (χ4n) is 2.00. The van der Waals surface area contributed by atoms with Crippen molar-refractivity contribution in [1.82, 2.24) is 5.32 Å². The van der Waals surface area contributed by atoms with Gasteiger partial charge >= 0.3 is 0 Å². The molecule has 1 aliphatic carbocycles. The minimum absolute atomic E-state index is 0.521. The third-order valence-electron chi connectivity index (χ3n) is 3.38. The summed E-state index contributed by atoms with van der Waals surface area (Å²) in [7, 11) is 1.66. The van der Waals surface area contributed by atoms with Gasteiger partial charge in [0.1, 0.15) is 6.61 Å². The lowest BCUT2D eigenvalue weighted by Crippen LogP contribution is -2.17. The Balaban J connectivity index is 1.99. The van der Waals surface area contributed by atoms with Crippen LogP contribution in [0.4, 0.5) is 0 Å². The molecule has 0 radical (unpaired) electrons. The lowest BCUT2D eigenvalue weighted by molar-refractivity contribution is 0.319. The zero-order chi connectivity index (χ0) is 13.8. The zero-order valence-corrected chi connectivity index (χ0v) is 12.0. The Morgan fingerprint density at radius 3 is 2.74 bits per heavy atom. The molecule has 0 amide bonds. The lowest BCUT2D eigenvalue weighted by atomic mass is 10.2. The highest BCUT2D eigenvalue weighted by Crippen LogP contribution is 2.31. The summed E-state index contributed by atoms with van der Waals surface area (Å²) >= 11 is 0. The number of benzene rings is 1. The van der Waals surface area contributed by atoms with Gasteiger partial charge < -0.3 is 14.8 Å². The average Bonchev–Trinajstić information content (AvgIpc) is 3.10. The molecule has 3 nitrogen and oxygen atoms in total. The van der Waals surface area contributed by atoms with Gasteiger partial charge in [-0.1, -0.05) is 19.6 Å². The summed E-state index contributed by atoms with van der Waals surface area (Å²) in [4.78, 5) is 0. The van der Waals surface area contributed by atoms with Crippen molar-refractivity contribution in [3.8, 4) is 11.5 Å². The number of ether oxygens (including phenoxy) is 2. The number of methoxy groups -OCH3 is 1. The largest absolute Gasteiger partial charge is 0.493 e. The smallest absolute Gasteiger partial charge is 0.161 e. The Labute approximate surface area is 115 Å². The van der Waals surface area contributed by atoms with Crippen LogP contribution >= 0.6 is 0 Å². The molecule has 1 aromatic rings. The van der Waals surface area contributed by atoms with Crippen molar-refractivity contribution in [3.05, 3.63) is 35.9 Å². The van der Waals surface area contributed by atoms with E-state index in [0.29, 0.717) is 12.6 Å². The minimum atomic E-state index is 0.521. The van der Waals surface area contributed by atoms with Crippen LogP contribution in [0.5, 0.6) is 11.5 Å². The highest BCUT2D eigenvalue weighted by molar-refractivity contribution is 5.43. The minimum Gasteiger partial charge on any atom is -0.493 e. The molecule has 0 spiro atoms. The molecule has 1 aliphatic rings. The SMILES string of the molecule is C=C(C)COc1cc(CNC2CC2C)ccc1OC. The van der Waals surface area contributed by atoms with Gasteiger partial charge in [-0.05, 0) is 42.5 Å². The molecule has 0 saturated heterocycles. The first-order valence-corrected chi connectivity index (χ1v) is 6.77. The van der Waals surface area contributed by atoms with Gasteiger partial charge in [0.2, 0.25) is 0 Å². The zero-order valence-electron chi connectivity index (χ0n) is 12.0. The number of rotatable bonds is 7. The first-order valence-electron chi connectivity index (χ1n) is 6.77. The van der Waals surface area contributed by atoms with E-state index >= 15 is 0 Å². The van der Waals surface area contributed by atoms with Crippen molar-refractivity contribution < 1.29 is 9.47 Å². The van der Waals surface area contributed by atoms with Crippen LogP contribution in [0.1, 0.15) is 25.8 Å². The Morgan fingerprint density at radius 2 is 2.16 bits per heavy atom. The number of nitrogens with one attached hydrogen (secondary N) is 1. The topological polar surface area (TPSA) is 30.5 Å². The van der Waals surface area contributed by atoms with Crippen molar-refractivity contribution in [2.24, 2.45) is 5.92 Å². The summed E-state index contributed by atoms with van der Waals surface area (Å²) < 4.78 is 11.0. The van der Waals surface area contributed by atoms with Crippen LogP contribution in [0.3, 0.4) is 0 Å². The van der Waals surface area contributed by atoms with Crippen LogP contribution in [-0.2, 0) is 6.54 Å². The van der Waals surface area contributed by atoms with E-state index in [0.717, 1.165) is 29.5 Å². The molecule has 1 saturated carbocycles. The van der Waals surface area contributed by atoms with Gasteiger partial charge in [-0.25, -0.2) is 0 Å². The normalized spacial score (nSPS) is 21.0. The van der Waals surface area contributed by atoms with Crippen LogP contribution in [0, 0.1) is 5.92 Å². The summed E-state index contributed by atoms with van der Waals surface area (Å²) in [5.74, 6) is 2.37. The van der Waals surface area contributed by atoms with Gasteiger partial charge in [0.05, 0.1) is 7.11 Å². The molecule has 104 valence electrons. The Bertz CT molecular complexity index is 456. The van der Waals surface area contributed by atoms with Crippen molar-refractivity contribution in [1.29, 1.82) is 0 Å². The third kappa shape index (κ3) is 4.00. The maximum Gasteiger partial charge on any atom is 0.161 e. The second kappa shape index (κ2) is 6.11. The molecular formula is C16H23NO2. The molecule has 0 aliphatic heterocycles. The lowest BCUT2D eigenvalue weighted by Gasteiger charge is -2.12. The van der Waals surface area contributed by atoms with Crippen LogP contribution in [0.2, 0.25) is 0 Å². The molecular weight excluding hydrogens is 238 g/mol. The maximum absolute atomic E-state index is 5.72. The van der Waals surface area contributed by atoms with Crippen LogP contribution in [-0.4, -0.2) is 19.8 Å². The van der Waals surface area contributed by atoms with E-state index in [1.165, 1.54) is 12.0 Å². The third-order valence-corrected chi connectivity index (χ3v) is 3.38. The molecule has 0 bridgehead atoms. The van der Waals surface area contributed by atoms with Crippen LogP contribution in [0.15, 0.2) is 30.4 Å². The van der Waals surface area contributed by atoms with Gasteiger partial charge in [0.25, 0.3) is 0 Å². The molecule has 3 heteroatoms. The van der Waals surface area contributed by atoms with E-state index < -0.39 is 0 Å². The average molecular weight is 261 g/mol. The summed E-state index contributed by atoms with van der Waals surface area (Å²) in [6, 6.07) is 6.76. The van der Waals surface area contributed by atoms with Crippen molar-refractivity contribution in [2.45, 2.75) is 32.9 Å². The molecule has 2 rings (SSSR count). The van der Waals surface area contributed by atoms with Gasteiger partial charge in [-0.2, -0.15) is 0 Å². The van der Waals surface area contributed by atoms with Crippen molar-refractivity contribution in [2.75, 3.05) is 13.7 Å². The van der Waals surface area contributed by atoms with E-state index in [-0.39, 0.29) is 0 Å². The van der Waals surface area contributed by atoms with E-state index in [2.05, 4.69) is 24.9 Å². The van der Waals surface area contributed by atoms with Crippen LogP contribution in [0.25, 0.3) is 0 Å². The second-order valence-corrected chi connectivity index (χ2v) is 5.43. The fraction of sp³-hybridized carbons (Fsp3) is 0.500. The molecule has 0 heterocycles. The van der Waals surface area contributed by atoms with E-state index in [4.69, 9.17) is 9.47 Å². The maximum atomic E-state index is 5.72. The van der Waals surface area contributed by atoms with Crippen LogP contribution < -0.4 is 14.8 Å². The standard InChI is InChI=1S/C16H23NO2/c1-11(2)10-19-16-8-13(5-6-15(16)18-4)9-17-14-7-12(14)3/h5-6,8,12,14,17H,1,7,9-10H2,2-4H3. The monoisotopic (exact) mass is 261 g/mol. The van der Waals surface area contributed by atoms with E-state index in [1.54, 1.807) is 7.11 Å². The summed E-state index contributed by atoms with van der Waals surface area (Å²) in [5, 5.41) is 3.54. The first kappa shape index (κ1) is 13.9. The molecule has 19 heavy (non-hydrogen) atoms. The number of hydrogen-bond acceptors (Lipinski definition) is 3. The molecule has 1 fully saturated rings. The van der Waals surface area contributed by atoms with Gasteiger partial charge in [-0.3, -0.25) is 0 Å². The Morgan fingerprint density at radius 1 is 1.42 bits per heavy atom. The molecule has 1 aromatic carbocycles. The number of hydrogen-bond donors (Lipinski definition) is 1. The van der Waals surface area contributed by atoms with E-state index in [9.17, 15) is 0 Å². The predicted molar refractivity (Wildman–Crippen MR) is 77.7 cm³/mol. The van der Waals surface area contributed by atoms with E-state index in [1.807, 2.05) is 19.1 Å². The quantitative estimate of drug-likeness (QED) is 0.765. The highest BCUT2D eigenvalue weighted by atomic mass is 16.5. The Hall–Kier alpha value is -1.48. The highest BCUT2D eigenvalue weighted by Gasteiger charge is 2.31. The van der Waals surface area contributed by atoms with Gasteiger partial charge in [-0.15, -0.1) is 0 Å². The second-order valence-electron chi connectivity index (χ2n) is 5.43. The molecule has 1 N–H and O–H groups in total. The van der Waals surface area contributed by atoms with Crippen molar-refractivity contribution >= 4 is 0 Å². The van der Waals surface area contributed by atoms with Gasteiger partial charge in [0.15, 0.2) is 11.5 Å². The fourth-order valence-corrected chi connectivity index (χ4v) is 2.00.